The van der Waals surface area contributed by atoms with Gasteiger partial charge in [0.2, 0.25) is 5.82 Å². The first-order valence-electron chi connectivity index (χ1n) is 13.0. The molecule has 0 N–H and O–H groups in total. The molecule has 1 aliphatic carbocycles. The number of halogens is 2. The Morgan fingerprint density at radius 3 is 2.24 bits per heavy atom. The molecule has 33 heavy (non-hydrogen) atoms. The second-order valence-electron chi connectivity index (χ2n) is 9.46. The molecule has 0 atom stereocenters. The van der Waals surface area contributed by atoms with E-state index in [0.29, 0.717) is 23.7 Å². The van der Waals surface area contributed by atoms with E-state index >= 15 is 0 Å². The Labute approximate surface area is 199 Å². The summed E-state index contributed by atoms with van der Waals surface area (Å²) >= 11 is 0. The van der Waals surface area contributed by atoms with Gasteiger partial charge in [0.25, 0.3) is 0 Å². The van der Waals surface area contributed by atoms with E-state index < -0.39 is 11.6 Å². The zero-order valence-electron chi connectivity index (χ0n) is 20.4. The van der Waals surface area contributed by atoms with Crippen molar-refractivity contribution < 1.29 is 13.5 Å². The molecule has 0 amide bonds. The van der Waals surface area contributed by atoms with Crippen molar-refractivity contribution >= 4 is 0 Å². The summed E-state index contributed by atoms with van der Waals surface area (Å²) in [6.45, 7) is 4.77. The maximum Gasteiger partial charge on any atom is 0.201 e. The number of hydrogen-bond donors (Lipinski definition) is 0. The summed E-state index contributed by atoms with van der Waals surface area (Å²) in [6.07, 6.45) is 17.3. The predicted octanol–water partition coefficient (Wildman–Crippen LogP) is 9.61. The largest absolute Gasteiger partial charge is 0.490 e. The molecule has 0 radical (unpaired) electrons. The molecule has 0 aromatic heterocycles. The molecule has 1 saturated carbocycles. The molecule has 3 heteroatoms. The number of rotatable bonds is 12. The van der Waals surface area contributed by atoms with Gasteiger partial charge < -0.3 is 4.74 Å². The van der Waals surface area contributed by atoms with E-state index in [1.165, 1.54) is 50.5 Å². The molecule has 180 valence electrons. The van der Waals surface area contributed by atoms with Crippen molar-refractivity contribution in [1.82, 2.24) is 0 Å². The van der Waals surface area contributed by atoms with Crippen LogP contribution in [0.2, 0.25) is 0 Å². The van der Waals surface area contributed by atoms with Gasteiger partial charge in [-0.1, -0.05) is 75.9 Å². The van der Waals surface area contributed by atoms with E-state index in [-0.39, 0.29) is 5.75 Å². The Hall–Kier alpha value is -2.16. The smallest absolute Gasteiger partial charge is 0.201 e. The highest BCUT2D eigenvalue weighted by Gasteiger charge is 2.22. The third-order valence-electron chi connectivity index (χ3n) is 6.96. The number of ether oxygens (including phenoxy) is 1. The van der Waals surface area contributed by atoms with Crippen molar-refractivity contribution in [3.05, 3.63) is 65.7 Å². The molecule has 1 fully saturated rings. The molecule has 1 aliphatic rings. The first-order valence-corrected chi connectivity index (χ1v) is 13.0. The third kappa shape index (κ3) is 7.42. The lowest BCUT2D eigenvalue weighted by atomic mass is 9.77. The Balaban J connectivity index is 1.56. The fourth-order valence-corrected chi connectivity index (χ4v) is 4.88. The summed E-state index contributed by atoms with van der Waals surface area (Å²) in [4.78, 5) is 0. The SMILES string of the molecule is CC/C=C\CC1CCC(c2ccc(-c3ccc(OCCCCCCC)c(F)c3F)cc2)CC1. The number of allylic oxidation sites excluding steroid dienone is 2. The first-order chi connectivity index (χ1) is 16.1. The van der Waals surface area contributed by atoms with Crippen LogP contribution < -0.4 is 4.74 Å². The highest BCUT2D eigenvalue weighted by Crippen LogP contribution is 2.38. The van der Waals surface area contributed by atoms with Crippen LogP contribution in [0.4, 0.5) is 8.78 Å². The van der Waals surface area contributed by atoms with E-state index in [9.17, 15) is 8.78 Å². The van der Waals surface area contributed by atoms with Gasteiger partial charge in [0.05, 0.1) is 6.61 Å². The predicted molar refractivity (Wildman–Crippen MR) is 135 cm³/mol. The number of hydrogen-bond acceptors (Lipinski definition) is 1. The van der Waals surface area contributed by atoms with Crippen LogP contribution in [0.25, 0.3) is 11.1 Å². The fraction of sp³-hybridized carbons (Fsp3) is 0.533. The molecule has 0 heterocycles. The van der Waals surface area contributed by atoms with Crippen LogP contribution in [0.5, 0.6) is 5.75 Å². The lowest BCUT2D eigenvalue weighted by Gasteiger charge is -2.28. The van der Waals surface area contributed by atoms with Gasteiger partial charge in [-0.05, 0) is 80.0 Å². The standard InChI is InChI=1S/C30H40F2O/c1-3-5-7-8-10-22-33-28-21-20-27(29(31)30(28)32)26-18-16-25(17-19-26)24-14-12-23(13-15-24)11-9-6-4-2/h6,9,16-21,23-24H,3-5,7-8,10-15,22H2,1-2H3/b9-6-. The highest BCUT2D eigenvalue weighted by atomic mass is 19.2. The van der Waals surface area contributed by atoms with Crippen molar-refractivity contribution in [2.24, 2.45) is 5.92 Å². The summed E-state index contributed by atoms with van der Waals surface area (Å²) in [7, 11) is 0. The molecular formula is C30H40F2O. The fourth-order valence-electron chi connectivity index (χ4n) is 4.88. The Bertz CT molecular complexity index is 864. The molecule has 0 unspecified atom stereocenters. The van der Waals surface area contributed by atoms with E-state index in [0.717, 1.165) is 31.6 Å². The molecule has 0 aliphatic heterocycles. The van der Waals surface area contributed by atoms with Crippen molar-refractivity contribution in [3.63, 3.8) is 0 Å². The monoisotopic (exact) mass is 454 g/mol. The maximum atomic E-state index is 14.8. The molecule has 1 nitrogen and oxygen atoms in total. The summed E-state index contributed by atoms with van der Waals surface area (Å²) < 4.78 is 34.9. The van der Waals surface area contributed by atoms with Crippen LogP contribution in [0.15, 0.2) is 48.6 Å². The van der Waals surface area contributed by atoms with Crippen molar-refractivity contribution in [3.8, 4) is 16.9 Å². The second kappa shape index (κ2) is 13.5. The van der Waals surface area contributed by atoms with Crippen LogP contribution in [0.3, 0.4) is 0 Å². The van der Waals surface area contributed by atoms with Crippen molar-refractivity contribution in [2.75, 3.05) is 6.61 Å². The van der Waals surface area contributed by atoms with Crippen LogP contribution in [0, 0.1) is 17.6 Å². The second-order valence-corrected chi connectivity index (χ2v) is 9.46. The molecular weight excluding hydrogens is 414 g/mol. The van der Waals surface area contributed by atoms with E-state index in [1.807, 2.05) is 12.1 Å². The van der Waals surface area contributed by atoms with Gasteiger partial charge in [-0.15, -0.1) is 0 Å². The van der Waals surface area contributed by atoms with Crippen LogP contribution in [0.1, 0.15) is 96.0 Å². The van der Waals surface area contributed by atoms with Crippen molar-refractivity contribution in [1.29, 1.82) is 0 Å². The highest BCUT2D eigenvalue weighted by molar-refractivity contribution is 5.65. The summed E-state index contributed by atoms with van der Waals surface area (Å²) in [5.41, 5.74) is 2.31. The van der Waals surface area contributed by atoms with E-state index in [4.69, 9.17) is 4.74 Å². The minimum atomic E-state index is -0.888. The Morgan fingerprint density at radius 1 is 0.818 bits per heavy atom. The zero-order valence-corrected chi connectivity index (χ0v) is 20.4. The lowest BCUT2D eigenvalue weighted by Crippen LogP contribution is -2.12. The van der Waals surface area contributed by atoms with Gasteiger partial charge in [0.1, 0.15) is 0 Å². The van der Waals surface area contributed by atoms with Gasteiger partial charge in [-0.3, -0.25) is 0 Å². The van der Waals surface area contributed by atoms with Crippen LogP contribution >= 0.6 is 0 Å². The van der Waals surface area contributed by atoms with E-state index in [2.05, 4.69) is 38.1 Å². The van der Waals surface area contributed by atoms with Gasteiger partial charge in [-0.2, -0.15) is 4.39 Å². The zero-order chi connectivity index (χ0) is 23.5. The average Bonchev–Trinajstić information content (AvgIpc) is 2.85. The number of unbranched alkanes of at least 4 members (excludes halogenated alkanes) is 4. The van der Waals surface area contributed by atoms with Gasteiger partial charge in [-0.25, -0.2) is 4.39 Å². The quantitative estimate of drug-likeness (QED) is 0.229. The lowest BCUT2D eigenvalue weighted by molar-refractivity contribution is 0.285. The third-order valence-corrected chi connectivity index (χ3v) is 6.96. The minimum Gasteiger partial charge on any atom is -0.490 e. The van der Waals surface area contributed by atoms with Gasteiger partial charge in [0.15, 0.2) is 11.6 Å². The first kappa shape index (κ1) is 25.5. The normalized spacial score (nSPS) is 18.7. The Morgan fingerprint density at radius 2 is 1.55 bits per heavy atom. The molecule has 0 spiro atoms. The molecule has 3 rings (SSSR count). The summed E-state index contributed by atoms with van der Waals surface area (Å²) in [5, 5.41) is 0. The summed E-state index contributed by atoms with van der Waals surface area (Å²) in [6, 6.07) is 11.2. The number of benzene rings is 2. The van der Waals surface area contributed by atoms with Crippen LogP contribution in [-0.2, 0) is 0 Å². The summed E-state index contributed by atoms with van der Waals surface area (Å²) in [5.74, 6) is -0.334. The average molecular weight is 455 g/mol. The van der Waals surface area contributed by atoms with Crippen LogP contribution in [-0.4, -0.2) is 6.61 Å². The minimum absolute atomic E-state index is 0.00824. The molecule has 2 aromatic carbocycles. The van der Waals surface area contributed by atoms with E-state index in [1.54, 1.807) is 12.1 Å². The van der Waals surface area contributed by atoms with Gasteiger partial charge in [0, 0.05) is 5.56 Å². The molecule has 0 saturated heterocycles. The van der Waals surface area contributed by atoms with Gasteiger partial charge >= 0.3 is 0 Å². The van der Waals surface area contributed by atoms with Crippen molar-refractivity contribution in [2.45, 2.75) is 90.4 Å². The maximum absolute atomic E-state index is 14.8. The Kier molecular flexibility index (Phi) is 10.4. The topological polar surface area (TPSA) is 9.23 Å². The molecule has 2 aromatic rings. The molecule has 0 bridgehead atoms.